The highest BCUT2D eigenvalue weighted by Gasteiger charge is 2.34. The van der Waals surface area contributed by atoms with Gasteiger partial charge in [0.05, 0.1) is 5.56 Å². The van der Waals surface area contributed by atoms with Crippen molar-refractivity contribution in [3.05, 3.63) is 51.7 Å². The highest BCUT2D eigenvalue weighted by atomic mass is 19.4. The van der Waals surface area contributed by atoms with Crippen LogP contribution in [0.5, 0.6) is 0 Å². The van der Waals surface area contributed by atoms with Crippen molar-refractivity contribution in [3.8, 4) is 6.07 Å². The Morgan fingerprint density at radius 2 is 2.00 bits per heavy atom. The molecule has 0 aliphatic heterocycles. The topological polar surface area (TPSA) is 44.1 Å². The molecule has 0 unspecified atom stereocenters. The van der Waals surface area contributed by atoms with Gasteiger partial charge in [0.15, 0.2) is 0 Å². The maximum absolute atomic E-state index is 13.0. The minimum atomic E-state index is -4.42. The summed E-state index contributed by atoms with van der Waals surface area (Å²) in [4.78, 5) is 13.9. The molecule has 2 rings (SSSR count). The number of alkyl halides is 3. The molecule has 120 valence electrons. The fraction of sp³-hybridized carbons (Fsp3) is 0.294. The maximum atomic E-state index is 13.0. The second-order valence-corrected chi connectivity index (χ2v) is 5.66. The average Bonchev–Trinajstić information content (AvgIpc) is 2.84. The molecule has 1 aliphatic carbocycles. The summed E-state index contributed by atoms with van der Waals surface area (Å²) in [7, 11) is 3.36. The molecule has 0 amide bonds. The van der Waals surface area contributed by atoms with Gasteiger partial charge in [0.25, 0.3) is 0 Å². The number of fused-ring (bicyclic) bond motifs is 1. The van der Waals surface area contributed by atoms with Crippen molar-refractivity contribution >= 4 is 11.9 Å². The van der Waals surface area contributed by atoms with Gasteiger partial charge in [-0.15, -0.1) is 0 Å². The lowest BCUT2D eigenvalue weighted by atomic mass is 9.99. The largest absolute Gasteiger partial charge is 0.416 e. The van der Waals surface area contributed by atoms with Crippen molar-refractivity contribution in [3.63, 3.8) is 0 Å². The fourth-order valence-electron chi connectivity index (χ4n) is 2.53. The number of ketones is 1. The molecule has 1 aromatic carbocycles. The van der Waals surface area contributed by atoms with E-state index in [1.54, 1.807) is 25.1 Å². The van der Waals surface area contributed by atoms with Crippen LogP contribution in [-0.2, 0) is 17.4 Å². The predicted octanol–water partition coefficient (Wildman–Crippen LogP) is 3.49. The number of hydrogen-bond acceptors (Lipinski definition) is 3. The van der Waals surface area contributed by atoms with Gasteiger partial charge in [-0.1, -0.05) is 6.07 Å². The van der Waals surface area contributed by atoms with Gasteiger partial charge in [0.1, 0.15) is 11.6 Å². The Bertz CT molecular complexity index is 765. The van der Waals surface area contributed by atoms with Crippen LogP contribution in [0.2, 0.25) is 0 Å². The van der Waals surface area contributed by atoms with Crippen molar-refractivity contribution in [1.82, 2.24) is 4.90 Å². The van der Waals surface area contributed by atoms with Crippen molar-refractivity contribution in [2.45, 2.75) is 19.5 Å². The van der Waals surface area contributed by atoms with E-state index < -0.39 is 17.5 Å². The van der Waals surface area contributed by atoms with Crippen LogP contribution >= 0.6 is 0 Å². The minimum Gasteiger partial charge on any atom is -0.382 e. The number of nitriles is 1. The van der Waals surface area contributed by atoms with E-state index in [1.807, 2.05) is 6.07 Å². The lowest BCUT2D eigenvalue weighted by Crippen LogP contribution is -2.11. The Kier molecular flexibility index (Phi) is 4.33. The number of rotatable bonds is 3. The van der Waals surface area contributed by atoms with E-state index >= 15 is 0 Å². The van der Waals surface area contributed by atoms with Crippen LogP contribution in [0.4, 0.5) is 13.2 Å². The summed E-state index contributed by atoms with van der Waals surface area (Å²) < 4.78 is 38.9. The summed E-state index contributed by atoms with van der Waals surface area (Å²) in [5.41, 5.74) is 0.762. The number of halogens is 3. The zero-order valence-corrected chi connectivity index (χ0v) is 13.0. The van der Waals surface area contributed by atoms with E-state index in [1.165, 1.54) is 19.2 Å². The number of benzene rings is 1. The molecule has 1 aliphatic rings. The summed E-state index contributed by atoms with van der Waals surface area (Å²) in [6.07, 6.45) is -1.36. The van der Waals surface area contributed by atoms with Crippen LogP contribution in [0.25, 0.3) is 6.08 Å². The van der Waals surface area contributed by atoms with Crippen LogP contribution in [0, 0.1) is 18.3 Å². The Labute approximate surface area is 132 Å². The summed E-state index contributed by atoms with van der Waals surface area (Å²) in [5.74, 6) is -0.455. The van der Waals surface area contributed by atoms with E-state index in [2.05, 4.69) is 0 Å². The van der Waals surface area contributed by atoms with E-state index in [-0.39, 0.29) is 17.6 Å². The molecule has 6 heteroatoms. The van der Waals surface area contributed by atoms with Gasteiger partial charge in [-0.2, -0.15) is 18.4 Å². The Morgan fingerprint density at radius 3 is 2.52 bits per heavy atom. The van der Waals surface area contributed by atoms with Gasteiger partial charge in [-0.3, -0.25) is 4.79 Å². The SMILES string of the molecule is Cc1cc2c(cc1C(F)(F)F)CC(C(=O)C(C#N)=CN(C)C)=C2. The van der Waals surface area contributed by atoms with Gasteiger partial charge >= 0.3 is 6.18 Å². The molecule has 0 heterocycles. The third kappa shape index (κ3) is 3.45. The molecule has 0 atom stereocenters. The summed E-state index contributed by atoms with van der Waals surface area (Å²) in [6.45, 7) is 1.39. The molecule has 23 heavy (non-hydrogen) atoms. The highest BCUT2D eigenvalue weighted by Crippen LogP contribution is 2.36. The van der Waals surface area contributed by atoms with Crippen LogP contribution in [0.3, 0.4) is 0 Å². The molecule has 0 fully saturated rings. The van der Waals surface area contributed by atoms with Gasteiger partial charge in [0, 0.05) is 32.3 Å². The summed E-state index contributed by atoms with van der Waals surface area (Å²) in [5, 5.41) is 9.08. The average molecular weight is 320 g/mol. The number of nitrogens with zero attached hydrogens (tertiary/aromatic N) is 2. The van der Waals surface area contributed by atoms with E-state index in [9.17, 15) is 18.0 Å². The first-order valence-electron chi connectivity index (χ1n) is 6.88. The zero-order chi connectivity index (χ0) is 17.4. The first-order valence-corrected chi connectivity index (χ1v) is 6.88. The second-order valence-electron chi connectivity index (χ2n) is 5.66. The second kappa shape index (κ2) is 5.92. The fourth-order valence-corrected chi connectivity index (χ4v) is 2.53. The number of Topliss-reactive ketones (excluding diaryl/α,β-unsaturated/α-hetero) is 1. The summed E-state index contributed by atoms with van der Waals surface area (Å²) in [6, 6.07) is 4.35. The first-order chi connectivity index (χ1) is 10.6. The third-order valence-electron chi connectivity index (χ3n) is 3.55. The molecule has 0 aromatic heterocycles. The quantitative estimate of drug-likeness (QED) is 0.632. The smallest absolute Gasteiger partial charge is 0.382 e. The van der Waals surface area contributed by atoms with Gasteiger partial charge in [-0.25, -0.2) is 0 Å². The van der Waals surface area contributed by atoms with E-state index in [4.69, 9.17) is 5.26 Å². The highest BCUT2D eigenvalue weighted by molar-refractivity contribution is 6.14. The number of aryl methyl sites for hydroxylation is 1. The lowest BCUT2D eigenvalue weighted by Gasteiger charge is -2.12. The van der Waals surface area contributed by atoms with Gasteiger partial charge in [-0.05, 0) is 35.8 Å². The van der Waals surface area contributed by atoms with E-state index in [0.717, 1.165) is 6.07 Å². The molecule has 0 radical (unpaired) electrons. The van der Waals surface area contributed by atoms with Gasteiger partial charge in [0.2, 0.25) is 5.78 Å². The molecule has 0 spiro atoms. The maximum Gasteiger partial charge on any atom is 0.416 e. The molecule has 0 N–H and O–H groups in total. The molecule has 3 nitrogen and oxygen atoms in total. The van der Waals surface area contributed by atoms with Crippen LogP contribution < -0.4 is 0 Å². The standard InChI is InChI=1S/C17H15F3N2O/c1-10-4-11-5-13(16(23)14(8-21)9-22(2)3)6-12(11)7-15(10)17(18,19)20/h4-5,7,9H,6H2,1-3H3. The predicted molar refractivity (Wildman–Crippen MR) is 80.3 cm³/mol. The first kappa shape index (κ1) is 16.8. The molecule has 0 saturated carbocycles. The van der Waals surface area contributed by atoms with Crippen LogP contribution in [0.15, 0.2) is 29.5 Å². The van der Waals surface area contributed by atoms with Crippen LogP contribution in [0.1, 0.15) is 22.3 Å². The van der Waals surface area contributed by atoms with Crippen molar-refractivity contribution in [2.24, 2.45) is 0 Å². The Balaban J connectivity index is 2.36. The molecular weight excluding hydrogens is 305 g/mol. The number of hydrogen-bond donors (Lipinski definition) is 0. The monoisotopic (exact) mass is 320 g/mol. The van der Waals surface area contributed by atoms with E-state index in [0.29, 0.717) is 16.7 Å². The summed E-state index contributed by atoms with van der Waals surface area (Å²) >= 11 is 0. The van der Waals surface area contributed by atoms with Crippen molar-refractivity contribution < 1.29 is 18.0 Å². The minimum absolute atomic E-state index is 0.0400. The molecule has 1 aromatic rings. The molecule has 0 saturated heterocycles. The third-order valence-corrected chi connectivity index (χ3v) is 3.55. The Morgan fingerprint density at radius 1 is 1.35 bits per heavy atom. The lowest BCUT2D eigenvalue weighted by molar-refractivity contribution is -0.138. The normalized spacial score (nSPS) is 14.1. The van der Waals surface area contributed by atoms with Gasteiger partial charge < -0.3 is 4.90 Å². The van der Waals surface area contributed by atoms with Crippen molar-refractivity contribution in [1.29, 1.82) is 5.26 Å². The van der Waals surface area contributed by atoms with Crippen molar-refractivity contribution in [2.75, 3.05) is 14.1 Å². The molecular formula is C17H15F3N2O. The number of carbonyl (C=O) groups is 1. The van der Waals surface area contributed by atoms with Crippen LogP contribution in [-0.4, -0.2) is 24.8 Å². The number of allylic oxidation sites excluding steroid dienone is 2. The zero-order valence-electron chi connectivity index (χ0n) is 13.0. The molecule has 0 bridgehead atoms. The Hall–Kier alpha value is -2.55. The number of carbonyl (C=O) groups excluding carboxylic acids is 1.